The molecule has 116 valence electrons. The van der Waals surface area contributed by atoms with Crippen LogP contribution in [0.5, 0.6) is 0 Å². The highest BCUT2D eigenvalue weighted by Crippen LogP contribution is 2.17. The van der Waals surface area contributed by atoms with E-state index >= 15 is 0 Å². The number of aromatic nitrogens is 2. The molecule has 2 amide bonds. The molecular weight excluding hydrogens is 300 g/mol. The van der Waals surface area contributed by atoms with Crippen molar-refractivity contribution in [1.29, 1.82) is 0 Å². The maximum Gasteiger partial charge on any atom is 0.322 e. The lowest BCUT2D eigenvalue weighted by Crippen LogP contribution is -2.53. The lowest BCUT2D eigenvalue weighted by Gasteiger charge is -2.34. The molecule has 1 atom stereocenters. The van der Waals surface area contributed by atoms with Crippen LogP contribution in [-0.4, -0.2) is 64.3 Å². The number of amides is 2. The Morgan fingerprint density at radius 1 is 1.52 bits per heavy atom. The van der Waals surface area contributed by atoms with Gasteiger partial charge in [0.2, 0.25) is 0 Å². The van der Waals surface area contributed by atoms with Gasteiger partial charge in [0.1, 0.15) is 0 Å². The van der Waals surface area contributed by atoms with E-state index in [0.29, 0.717) is 5.69 Å². The lowest BCUT2D eigenvalue weighted by atomic mass is 10.2. The van der Waals surface area contributed by atoms with E-state index < -0.39 is 34.3 Å². The van der Waals surface area contributed by atoms with Crippen molar-refractivity contribution in [2.45, 2.75) is 12.5 Å². The van der Waals surface area contributed by atoms with E-state index in [-0.39, 0.29) is 18.1 Å². The lowest BCUT2D eigenvalue weighted by molar-refractivity contribution is -0.137. The molecule has 2 rings (SSSR count). The van der Waals surface area contributed by atoms with E-state index in [9.17, 15) is 18.0 Å². The second-order valence-corrected chi connectivity index (χ2v) is 7.12. The smallest absolute Gasteiger partial charge is 0.322 e. The van der Waals surface area contributed by atoms with Gasteiger partial charge in [0, 0.05) is 19.8 Å². The van der Waals surface area contributed by atoms with Crippen molar-refractivity contribution in [3.05, 3.63) is 12.4 Å². The second kappa shape index (κ2) is 5.72. The summed E-state index contributed by atoms with van der Waals surface area (Å²) in [5.74, 6) is -1.64. The highest BCUT2D eigenvalue weighted by molar-refractivity contribution is 7.91. The van der Waals surface area contributed by atoms with Crippen molar-refractivity contribution in [2.24, 2.45) is 7.05 Å². The van der Waals surface area contributed by atoms with Crippen LogP contribution >= 0.6 is 0 Å². The van der Waals surface area contributed by atoms with Crippen LogP contribution in [0.15, 0.2) is 12.4 Å². The number of urea groups is 1. The fraction of sp³-hybridized carbons (Fsp3) is 0.545. The number of nitrogens with zero attached hydrogens (tertiary/aromatic N) is 3. The summed E-state index contributed by atoms with van der Waals surface area (Å²) in [6.07, 6.45) is 2.63. The Morgan fingerprint density at radius 2 is 2.24 bits per heavy atom. The van der Waals surface area contributed by atoms with E-state index in [0.717, 1.165) is 0 Å². The van der Waals surface area contributed by atoms with Crippen molar-refractivity contribution in [3.8, 4) is 0 Å². The van der Waals surface area contributed by atoms with Crippen LogP contribution in [0.1, 0.15) is 6.42 Å². The zero-order valence-electron chi connectivity index (χ0n) is 11.4. The van der Waals surface area contributed by atoms with Gasteiger partial charge in [-0.05, 0) is 0 Å². The predicted molar refractivity (Wildman–Crippen MR) is 73.6 cm³/mol. The van der Waals surface area contributed by atoms with E-state index in [1.807, 2.05) is 0 Å². The molecule has 0 aliphatic carbocycles. The molecule has 1 aromatic rings. The van der Waals surface area contributed by atoms with Gasteiger partial charge >= 0.3 is 12.0 Å². The minimum atomic E-state index is -3.31. The number of hydrogen-bond acceptors (Lipinski definition) is 5. The standard InChI is InChI=1S/C11H16N4O5S/c1-14-6-8(5-12-14)13-11(18)15-2-3-21(19,20)7-9(15)4-10(16)17/h5-6,9H,2-4,7H2,1H3,(H,13,18)(H,16,17). The van der Waals surface area contributed by atoms with Crippen LogP contribution in [0.25, 0.3) is 0 Å². The highest BCUT2D eigenvalue weighted by Gasteiger charge is 2.35. The van der Waals surface area contributed by atoms with Gasteiger partial charge in [0.15, 0.2) is 9.84 Å². The first-order chi connectivity index (χ1) is 9.77. The van der Waals surface area contributed by atoms with Crippen molar-refractivity contribution in [3.63, 3.8) is 0 Å². The summed E-state index contributed by atoms with van der Waals surface area (Å²) in [6, 6.07) is -1.39. The SMILES string of the molecule is Cn1cc(NC(=O)N2CCS(=O)(=O)CC2CC(=O)O)cn1. The maximum absolute atomic E-state index is 12.2. The first-order valence-corrected chi connectivity index (χ1v) is 8.07. The molecule has 1 aliphatic heterocycles. The monoisotopic (exact) mass is 316 g/mol. The third-order valence-electron chi connectivity index (χ3n) is 3.16. The molecule has 10 heteroatoms. The number of carbonyl (C=O) groups excluding carboxylic acids is 1. The highest BCUT2D eigenvalue weighted by atomic mass is 32.2. The molecule has 0 saturated carbocycles. The van der Waals surface area contributed by atoms with Crippen LogP contribution in [-0.2, 0) is 21.7 Å². The fourth-order valence-electron chi connectivity index (χ4n) is 2.21. The van der Waals surface area contributed by atoms with Crippen LogP contribution in [0.3, 0.4) is 0 Å². The average Bonchev–Trinajstić information content (AvgIpc) is 2.72. The van der Waals surface area contributed by atoms with E-state index in [1.165, 1.54) is 15.8 Å². The van der Waals surface area contributed by atoms with E-state index in [4.69, 9.17) is 5.11 Å². The molecule has 0 aromatic carbocycles. The van der Waals surface area contributed by atoms with Crippen molar-refractivity contribution >= 4 is 27.5 Å². The Bertz CT molecular complexity index is 653. The zero-order valence-corrected chi connectivity index (χ0v) is 12.2. The number of carboxylic acids is 1. The first-order valence-electron chi connectivity index (χ1n) is 6.25. The number of sulfone groups is 1. The molecule has 1 aromatic heterocycles. The molecule has 1 unspecified atom stereocenters. The second-order valence-electron chi connectivity index (χ2n) is 4.89. The third-order valence-corrected chi connectivity index (χ3v) is 4.85. The molecule has 2 heterocycles. The summed E-state index contributed by atoms with van der Waals surface area (Å²) >= 11 is 0. The molecule has 2 N–H and O–H groups in total. The number of aliphatic carboxylic acids is 1. The number of anilines is 1. The maximum atomic E-state index is 12.2. The minimum Gasteiger partial charge on any atom is -0.481 e. The van der Waals surface area contributed by atoms with Crippen molar-refractivity contribution in [1.82, 2.24) is 14.7 Å². The Labute approximate surface area is 121 Å². The molecule has 0 spiro atoms. The Hall–Kier alpha value is -2.10. The number of hydrogen-bond donors (Lipinski definition) is 2. The molecule has 0 bridgehead atoms. The topological polar surface area (TPSA) is 122 Å². The first kappa shape index (κ1) is 15.3. The van der Waals surface area contributed by atoms with E-state index in [2.05, 4.69) is 10.4 Å². The molecule has 1 aliphatic rings. The summed E-state index contributed by atoms with van der Waals surface area (Å²) in [4.78, 5) is 24.3. The van der Waals surface area contributed by atoms with Crippen molar-refractivity contribution < 1.29 is 23.1 Å². The molecular formula is C11H16N4O5S. The van der Waals surface area contributed by atoms with Gasteiger partial charge < -0.3 is 15.3 Å². The number of carboxylic acid groups (broad SMARTS) is 1. The molecule has 1 fully saturated rings. The molecule has 21 heavy (non-hydrogen) atoms. The number of rotatable bonds is 3. The van der Waals surface area contributed by atoms with Crippen LogP contribution in [0.2, 0.25) is 0 Å². The zero-order chi connectivity index (χ0) is 15.6. The summed E-state index contributed by atoms with van der Waals surface area (Å²) in [7, 11) is -1.62. The van der Waals surface area contributed by atoms with Gasteiger partial charge in [-0.1, -0.05) is 0 Å². The summed E-state index contributed by atoms with van der Waals surface area (Å²) in [6.45, 7) is -0.0215. The average molecular weight is 316 g/mol. The van der Waals surface area contributed by atoms with Crippen molar-refractivity contribution in [2.75, 3.05) is 23.4 Å². The quantitative estimate of drug-likeness (QED) is 0.777. The van der Waals surface area contributed by atoms with Crippen LogP contribution < -0.4 is 5.32 Å². The van der Waals surface area contributed by atoms with Gasteiger partial charge in [-0.3, -0.25) is 9.48 Å². The number of carbonyl (C=O) groups is 2. The minimum absolute atomic E-state index is 0.0215. The van der Waals surface area contributed by atoms with Gasteiger partial charge in [-0.15, -0.1) is 0 Å². The van der Waals surface area contributed by atoms with E-state index in [1.54, 1.807) is 13.2 Å². The largest absolute Gasteiger partial charge is 0.481 e. The molecule has 9 nitrogen and oxygen atoms in total. The normalized spacial score (nSPS) is 21.0. The fourth-order valence-corrected chi connectivity index (χ4v) is 3.73. The molecule has 0 radical (unpaired) electrons. The molecule has 1 saturated heterocycles. The Morgan fingerprint density at radius 3 is 2.81 bits per heavy atom. The third kappa shape index (κ3) is 3.94. The van der Waals surface area contributed by atoms with Crippen LogP contribution in [0, 0.1) is 0 Å². The number of aryl methyl sites for hydroxylation is 1. The van der Waals surface area contributed by atoms with Crippen LogP contribution in [0.4, 0.5) is 10.5 Å². The Balaban J connectivity index is 2.11. The van der Waals surface area contributed by atoms with Gasteiger partial charge in [-0.25, -0.2) is 13.2 Å². The summed E-state index contributed by atoms with van der Waals surface area (Å²) in [5, 5.41) is 15.3. The van der Waals surface area contributed by atoms with Gasteiger partial charge in [0.05, 0.1) is 35.9 Å². The van der Waals surface area contributed by atoms with Gasteiger partial charge in [0.25, 0.3) is 0 Å². The summed E-state index contributed by atoms with van der Waals surface area (Å²) in [5.41, 5.74) is 0.463. The summed E-state index contributed by atoms with van der Waals surface area (Å²) < 4.78 is 24.7. The predicted octanol–water partition coefficient (Wildman–Crippen LogP) is -0.474. The number of nitrogens with one attached hydrogen (secondary N) is 1. The Kier molecular flexibility index (Phi) is 4.16. The van der Waals surface area contributed by atoms with Gasteiger partial charge in [-0.2, -0.15) is 5.10 Å².